The topological polar surface area (TPSA) is 26.3 Å². The van der Waals surface area contributed by atoms with Crippen molar-refractivity contribution in [2.24, 2.45) is 0 Å². The van der Waals surface area contributed by atoms with E-state index < -0.39 is 77.9 Å². The van der Waals surface area contributed by atoms with Crippen LogP contribution >= 0.6 is 0 Å². The highest BCUT2D eigenvalue weighted by Crippen LogP contribution is 2.65. The maximum atomic E-state index is 14.1. The van der Waals surface area contributed by atoms with Gasteiger partial charge in [-0.3, -0.25) is 0 Å². The van der Waals surface area contributed by atoms with E-state index in [4.69, 9.17) is 0 Å². The van der Waals surface area contributed by atoms with E-state index in [9.17, 15) is 92.6 Å². The Kier molecular flexibility index (Phi) is 11.1. The highest BCUT2D eigenvalue weighted by atomic mass is 19.4. The largest absolute Gasteiger partial charge is 0.455 e. The van der Waals surface area contributed by atoms with Crippen LogP contribution < -0.4 is 0 Å². The van der Waals surface area contributed by atoms with Crippen LogP contribution in [0.1, 0.15) is 29.3 Å². The van der Waals surface area contributed by atoms with Crippen LogP contribution in [-0.4, -0.2) is 72.3 Å². The van der Waals surface area contributed by atoms with Gasteiger partial charge in [-0.05, 0) is 35.2 Å². The third kappa shape index (κ3) is 6.47. The van der Waals surface area contributed by atoms with Crippen molar-refractivity contribution in [3.63, 3.8) is 0 Å². The molecule has 0 heterocycles. The summed E-state index contributed by atoms with van der Waals surface area (Å²) in [7, 11) is 0. The minimum atomic E-state index is -9.11. The molecular formula is C27H18F20O2. The summed E-state index contributed by atoms with van der Waals surface area (Å²) in [4.78, 5) is 12.0. The molecule has 0 bridgehead atoms. The molecule has 0 aliphatic rings. The van der Waals surface area contributed by atoms with Crippen molar-refractivity contribution in [3.8, 4) is 11.1 Å². The van der Waals surface area contributed by atoms with Crippen LogP contribution in [-0.2, 0) is 11.2 Å². The van der Waals surface area contributed by atoms with Crippen LogP contribution in [0.5, 0.6) is 0 Å². The molecule has 0 saturated carbocycles. The van der Waals surface area contributed by atoms with Crippen molar-refractivity contribution < 1.29 is 97.3 Å². The lowest BCUT2D eigenvalue weighted by Gasteiger charge is -2.44. The third-order valence-electron chi connectivity index (χ3n) is 6.85. The van der Waals surface area contributed by atoms with Gasteiger partial charge in [-0.15, -0.1) is 0 Å². The molecular weight excluding hydrogens is 736 g/mol. The lowest BCUT2D eigenvalue weighted by Crippen LogP contribution is -2.76. The summed E-state index contributed by atoms with van der Waals surface area (Å²) in [6.07, 6.45) is -4.61. The first-order valence-corrected chi connectivity index (χ1v) is 12.9. The van der Waals surface area contributed by atoms with Gasteiger partial charge in [0.1, 0.15) is 0 Å². The van der Waals surface area contributed by atoms with E-state index in [-0.39, 0.29) is 0 Å². The van der Waals surface area contributed by atoms with Gasteiger partial charge in [0, 0.05) is 0 Å². The number of ether oxygens (including phenoxy) is 1. The van der Waals surface area contributed by atoms with E-state index in [1.54, 1.807) is 24.3 Å². The molecule has 0 spiro atoms. The molecule has 278 valence electrons. The zero-order valence-electron chi connectivity index (χ0n) is 23.7. The number of benzene rings is 2. The Morgan fingerprint density at radius 1 is 0.551 bits per heavy atom. The van der Waals surface area contributed by atoms with Gasteiger partial charge in [-0.25, -0.2) is 13.6 Å². The van der Waals surface area contributed by atoms with Crippen LogP contribution in [0.25, 0.3) is 11.1 Å². The highest BCUT2D eigenvalue weighted by molar-refractivity contribution is 5.90. The second-order valence-electron chi connectivity index (χ2n) is 10.2. The van der Waals surface area contributed by atoms with Gasteiger partial charge in [-0.1, -0.05) is 49.7 Å². The number of alkyl halides is 20. The molecule has 0 atom stereocenters. The summed E-state index contributed by atoms with van der Waals surface area (Å²) >= 11 is 0. The fourth-order valence-corrected chi connectivity index (χ4v) is 3.84. The summed E-state index contributed by atoms with van der Waals surface area (Å²) in [6, 6.07) is 10.5. The molecule has 0 radical (unpaired) electrons. The molecule has 2 nitrogen and oxygen atoms in total. The fourth-order valence-electron chi connectivity index (χ4n) is 3.84. The monoisotopic (exact) mass is 754 g/mol. The first-order chi connectivity index (χ1) is 21.8. The Labute approximate surface area is 261 Å². The molecule has 49 heavy (non-hydrogen) atoms. The van der Waals surface area contributed by atoms with E-state index in [0.717, 1.165) is 36.2 Å². The molecule has 2 aromatic carbocycles. The molecule has 2 aromatic rings. The van der Waals surface area contributed by atoms with Crippen molar-refractivity contribution in [1.82, 2.24) is 0 Å². The summed E-state index contributed by atoms with van der Waals surface area (Å²) in [5.74, 6) is -78.2. The van der Waals surface area contributed by atoms with Gasteiger partial charge >= 0.3 is 65.7 Å². The van der Waals surface area contributed by atoms with Crippen molar-refractivity contribution >= 4 is 5.97 Å². The van der Waals surface area contributed by atoms with Crippen LogP contribution in [0.15, 0.2) is 48.5 Å². The molecule has 0 amide bonds. The van der Waals surface area contributed by atoms with Crippen molar-refractivity contribution in [3.05, 3.63) is 59.7 Å². The summed E-state index contributed by atoms with van der Waals surface area (Å²) in [5.41, 5.74) is 0.981. The Morgan fingerprint density at radius 2 is 0.898 bits per heavy atom. The van der Waals surface area contributed by atoms with Crippen molar-refractivity contribution in [2.45, 2.75) is 79.5 Å². The van der Waals surface area contributed by atoms with E-state index in [1.165, 1.54) is 0 Å². The normalized spacial score (nSPS) is 14.7. The van der Waals surface area contributed by atoms with Gasteiger partial charge in [0.2, 0.25) is 0 Å². The molecule has 0 aromatic heterocycles. The lowest BCUT2D eigenvalue weighted by atomic mass is 9.86. The minimum absolute atomic E-state index is 0.345. The standard InChI is InChI=1S/C27H18F20O2/c1-2-3-13-4-6-14(7-5-13)15-8-10-16(11-9-15)17(48)49-12-19(30,31)21(34,35)23(38,39)25(42,43)27(46,47)26(44,45)24(40,41)22(36,37)20(32,33)18(28)29/h4-11,18H,2-3,12H2,1H3. The molecule has 2 rings (SSSR count). The van der Waals surface area contributed by atoms with Crippen molar-refractivity contribution in [1.29, 1.82) is 0 Å². The van der Waals surface area contributed by atoms with E-state index in [1.807, 2.05) is 6.92 Å². The number of esters is 1. The maximum absolute atomic E-state index is 14.1. The summed E-state index contributed by atoms with van der Waals surface area (Å²) in [6.45, 7) is -1.53. The molecule has 0 aliphatic heterocycles. The highest BCUT2D eigenvalue weighted by Gasteiger charge is 2.96. The smallest absolute Gasteiger partial charge is 0.385 e. The number of rotatable bonds is 15. The Balaban J connectivity index is 2.37. The Morgan fingerprint density at radius 3 is 1.27 bits per heavy atom. The fraction of sp³-hybridized carbons (Fsp3) is 0.519. The first-order valence-electron chi connectivity index (χ1n) is 12.9. The number of hydrogen-bond acceptors (Lipinski definition) is 2. The quantitative estimate of drug-likeness (QED) is 0.134. The number of carbonyl (C=O) groups is 1. The number of halogens is 20. The van der Waals surface area contributed by atoms with Crippen molar-refractivity contribution in [2.75, 3.05) is 6.61 Å². The zero-order valence-corrected chi connectivity index (χ0v) is 23.7. The third-order valence-corrected chi connectivity index (χ3v) is 6.85. The van der Waals surface area contributed by atoms with Gasteiger partial charge in [0.15, 0.2) is 6.61 Å². The summed E-state index contributed by atoms with van der Waals surface area (Å²) in [5, 5.41) is 0. The molecule has 0 fully saturated rings. The Hall–Kier alpha value is -3.49. The average molecular weight is 754 g/mol. The minimum Gasteiger partial charge on any atom is -0.455 e. The van der Waals surface area contributed by atoms with Crippen LogP contribution in [0.2, 0.25) is 0 Å². The van der Waals surface area contributed by atoms with Crippen LogP contribution in [0, 0.1) is 0 Å². The first kappa shape index (κ1) is 41.7. The number of carbonyl (C=O) groups excluding carboxylic acids is 1. The predicted octanol–water partition coefficient (Wildman–Crippen LogP) is 10.4. The molecule has 22 heteroatoms. The SMILES string of the molecule is CCCc1ccc(-c2ccc(C(=O)OCC(F)(F)C(F)(F)C(F)(F)C(F)(F)C(F)(F)C(F)(F)C(F)(F)C(F)(F)C(F)(F)C(F)F)cc2)cc1. The van der Waals surface area contributed by atoms with E-state index in [2.05, 4.69) is 4.74 Å². The number of aryl methyl sites for hydroxylation is 1. The van der Waals surface area contributed by atoms with E-state index in [0.29, 0.717) is 17.5 Å². The second-order valence-corrected chi connectivity index (χ2v) is 10.2. The second kappa shape index (κ2) is 13.0. The molecule has 0 aliphatic carbocycles. The van der Waals surface area contributed by atoms with Crippen LogP contribution in [0.3, 0.4) is 0 Å². The van der Waals surface area contributed by atoms with E-state index >= 15 is 0 Å². The summed E-state index contributed by atoms with van der Waals surface area (Å²) < 4.78 is 275. The van der Waals surface area contributed by atoms with Gasteiger partial charge < -0.3 is 4.74 Å². The van der Waals surface area contributed by atoms with Crippen LogP contribution in [0.4, 0.5) is 87.8 Å². The van der Waals surface area contributed by atoms with Gasteiger partial charge in [-0.2, -0.15) is 79.0 Å². The Bertz CT molecular complexity index is 1450. The zero-order chi connectivity index (χ0) is 38.4. The maximum Gasteiger partial charge on any atom is 0.385 e. The molecule has 0 saturated heterocycles. The molecule has 0 unspecified atom stereocenters. The van der Waals surface area contributed by atoms with Gasteiger partial charge in [0.05, 0.1) is 5.56 Å². The average Bonchev–Trinajstić information content (AvgIpc) is 2.99. The lowest BCUT2D eigenvalue weighted by molar-refractivity contribution is -0.465. The molecule has 0 N–H and O–H groups in total. The van der Waals surface area contributed by atoms with Gasteiger partial charge in [0.25, 0.3) is 0 Å². The number of hydrogen-bond donors (Lipinski definition) is 0. The predicted molar refractivity (Wildman–Crippen MR) is 127 cm³/mol.